The van der Waals surface area contributed by atoms with Crippen molar-refractivity contribution in [3.05, 3.63) is 59.2 Å². The molecule has 0 saturated heterocycles. The minimum absolute atomic E-state index is 0.176. The topological polar surface area (TPSA) is 132 Å². The third kappa shape index (κ3) is 2.65. The Kier molecular flexibility index (Phi) is 3.61. The van der Waals surface area contributed by atoms with E-state index >= 15 is 0 Å². The molecule has 0 bridgehead atoms. The molecule has 4 rings (SSSR count). The molecule has 0 aliphatic heterocycles. The van der Waals surface area contributed by atoms with Gasteiger partial charge in [-0.15, -0.1) is 0 Å². The third-order valence-corrected chi connectivity index (χ3v) is 4.10. The number of carboxylic acid groups (broad SMARTS) is 1. The Morgan fingerprint density at radius 2 is 2.15 bits per heavy atom. The normalized spacial score (nSPS) is 11.1. The first-order valence-electron chi connectivity index (χ1n) is 7.77. The summed E-state index contributed by atoms with van der Waals surface area (Å²) in [6.45, 7) is 1.89. The number of nitrogens with zero attached hydrogens (tertiary/aromatic N) is 5. The maximum absolute atomic E-state index is 11.1. The molecule has 130 valence electrons. The van der Waals surface area contributed by atoms with Crippen molar-refractivity contribution in [1.82, 2.24) is 24.7 Å². The number of fused-ring (bicyclic) bond motifs is 1. The number of aryl methyl sites for hydroxylation is 1. The van der Waals surface area contributed by atoms with E-state index in [4.69, 9.17) is 10.8 Å². The SMILES string of the molecule is Cc1c(-c2nonc2N)nc2cnc(Cc3cccc(C(=O)O)c3)cn12. The highest BCUT2D eigenvalue weighted by Crippen LogP contribution is 2.25. The molecule has 0 aliphatic rings. The van der Waals surface area contributed by atoms with Crippen molar-refractivity contribution in [2.75, 3.05) is 5.73 Å². The van der Waals surface area contributed by atoms with Gasteiger partial charge in [0.05, 0.1) is 17.5 Å². The number of carboxylic acids is 1. The number of benzene rings is 1. The molecule has 26 heavy (non-hydrogen) atoms. The van der Waals surface area contributed by atoms with Gasteiger partial charge in [-0.3, -0.25) is 4.98 Å². The van der Waals surface area contributed by atoms with Crippen molar-refractivity contribution < 1.29 is 14.5 Å². The highest BCUT2D eigenvalue weighted by molar-refractivity contribution is 5.87. The molecule has 1 aromatic carbocycles. The molecule has 4 aromatic rings. The zero-order valence-electron chi connectivity index (χ0n) is 13.7. The molecule has 3 heterocycles. The summed E-state index contributed by atoms with van der Waals surface area (Å²) >= 11 is 0. The van der Waals surface area contributed by atoms with Gasteiger partial charge in [0.1, 0.15) is 5.69 Å². The number of aromatic carboxylic acids is 1. The molecule has 0 fully saturated rings. The molecule has 0 aliphatic carbocycles. The van der Waals surface area contributed by atoms with Gasteiger partial charge in [0, 0.05) is 18.3 Å². The van der Waals surface area contributed by atoms with Gasteiger partial charge in [-0.2, -0.15) is 0 Å². The van der Waals surface area contributed by atoms with Crippen LogP contribution in [0.3, 0.4) is 0 Å². The number of nitrogen functional groups attached to an aromatic ring is 1. The monoisotopic (exact) mass is 350 g/mol. The van der Waals surface area contributed by atoms with Crippen molar-refractivity contribution >= 4 is 17.4 Å². The van der Waals surface area contributed by atoms with Crippen LogP contribution in [0.15, 0.2) is 41.3 Å². The van der Waals surface area contributed by atoms with Crippen molar-refractivity contribution in [1.29, 1.82) is 0 Å². The van der Waals surface area contributed by atoms with Crippen molar-refractivity contribution in [3.63, 3.8) is 0 Å². The fourth-order valence-electron chi connectivity index (χ4n) is 2.81. The van der Waals surface area contributed by atoms with Crippen LogP contribution >= 0.6 is 0 Å². The second kappa shape index (κ2) is 5.96. The Balaban J connectivity index is 1.72. The van der Waals surface area contributed by atoms with Crippen LogP contribution < -0.4 is 5.73 Å². The number of imidazole rings is 1. The van der Waals surface area contributed by atoms with Gasteiger partial charge >= 0.3 is 5.97 Å². The average Bonchev–Trinajstić information content (AvgIpc) is 3.18. The number of hydrogen-bond donors (Lipinski definition) is 2. The number of nitrogens with two attached hydrogens (primary N) is 1. The molecule has 3 aromatic heterocycles. The summed E-state index contributed by atoms with van der Waals surface area (Å²) < 4.78 is 6.53. The van der Waals surface area contributed by atoms with Crippen molar-refractivity contribution in [2.24, 2.45) is 0 Å². The third-order valence-electron chi connectivity index (χ3n) is 4.10. The van der Waals surface area contributed by atoms with Crippen LogP contribution in [0.1, 0.15) is 27.3 Å². The highest BCUT2D eigenvalue weighted by Gasteiger charge is 2.18. The summed E-state index contributed by atoms with van der Waals surface area (Å²) in [6.07, 6.45) is 4.01. The lowest BCUT2D eigenvalue weighted by molar-refractivity contribution is 0.0696. The maximum Gasteiger partial charge on any atom is 0.335 e. The second-order valence-corrected chi connectivity index (χ2v) is 5.83. The lowest BCUT2D eigenvalue weighted by Gasteiger charge is -2.04. The Morgan fingerprint density at radius 3 is 2.88 bits per heavy atom. The van der Waals surface area contributed by atoms with E-state index < -0.39 is 5.97 Å². The predicted octanol–water partition coefficient (Wildman–Crippen LogP) is 1.96. The molecule has 0 spiro atoms. The van der Waals surface area contributed by atoms with Gasteiger partial charge in [-0.25, -0.2) is 14.4 Å². The number of hydrogen-bond acceptors (Lipinski definition) is 7. The Labute approximate surface area is 147 Å². The lowest BCUT2D eigenvalue weighted by Crippen LogP contribution is -2.00. The Hall–Kier alpha value is -3.75. The number of aromatic nitrogens is 5. The van der Waals surface area contributed by atoms with Crippen molar-refractivity contribution in [3.8, 4) is 11.4 Å². The van der Waals surface area contributed by atoms with Gasteiger partial charge in [0.25, 0.3) is 0 Å². The summed E-state index contributed by atoms with van der Waals surface area (Å²) in [7, 11) is 0. The summed E-state index contributed by atoms with van der Waals surface area (Å²) in [4.78, 5) is 20.0. The van der Waals surface area contributed by atoms with Gasteiger partial charge in [-0.05, 0) is 34.9 Å². The predicted molar refractivity (Wildman–Crippen MR) is 91.6 cm³/mol. The summed E-state index contributed by atoms with van der Waals surface area (Å²) in [6, 6.07) is 6.79. The van der Waals surface area contributed by atoms with Crippen molar-refractivity contribution in [2.45, 2.75) is 13.3 Å². The largest absolute Gasteiger partial charge is 0.478 e. The maximum atomic E-state index is 11.1. The van der Waals surface area contributed by atoms with Crippen LogP contribution in [0.5, 0.6) is 0 Å². The summed E-state index contributed by atoms with van der Waals surface area (Å²) in [5.74, 6) is -0.778. The molecule has 3 N–H and O–H groups in total. The fourth-order valence-corrected chi connectivity index (χ4v) is 2.81. The molecule has 9 nitrogen and oxygen atoms in total. The quantitative estimate of drug-likeness (QED) is 0.571. The molecule has 9 heteroatoms. The second-order valence-electron chi connectivity index (χ2n) is 5.83. The van der Waals surface area contributed by atoms with Crippen LogP contribution in [0.25, 0.3) is 17.0 Å². The van der Waals surface area contributed by atoms with E-state index in [0.717, 1.165) is 17.0 Å². The van der Waals surface area contributed by atoms with E-state index in [-0.39, 0.29) is 11.4 Å². The molecule has 0 atom stereocenters. The standard InChI is InChI=1S/C17H14N6O3/c1-9-14(15-16(18)22-26-21-15)20-13-7-19-12(8-23(9)13)6-10-3-2-4-11(5-10)17(24)25/h2-5,7-8H,6H2,1H3,(H2,18,22)(H,24,25). The molecular weight excluding hydrogens is 336 g/mol. The first kappa shape index (κ1) is 15.8. The van der Waals surface area contributed by atoms with E-state index in [2.05, 4.69) is 24.9 Å². The molecule has 0 amide bonds. The summed E-state index contributed by atoms with van der Waals surface area (Å²) in [5.41, 5.74) is 10.1. The molecule has 0 radical (unpaired) electrons. The molecular formula is C17H14N6O3. The van der Waals surface area contributed by atoms with E-state index in [9.17, 15) is 4.79 Å². The molecule has 0 saturated carbocycles. The van der Waals surface area contributed by atoms with Crippen LogP contribution in [0.2, 0.25) is 0 Å². The lowest BCUT2D eigenvalue weighted by atomic mass is 10.1. The van der Waals surface area contributed by atoms with E-state index in [1.165, 1.54) is 0 Å². The highest BCUT2D eigenvalue weighted by atomic mass is 16.6. The number of carbonyl (C=O) groups is 1. The minimum Gasteiger partial charge on any atom is -0.478 e. The van der Waals surface area contributed by atoms with Crippen LogP contribution in [-0.2, 0) is 6.42 Å². The van der Waals surface area contributed by atoms with E-state index in [1.54, 1.807) is 24.4 Å². The fraction of sp³-hybridized carbons (Fsp3) is 0.118. The summed E-state index contributed by atoms with van der Waals surface area (Å²) in [5, 5.41) is 16.5. The average molecular weight is 350 g/mol. The number of rotatable bonds is 4. The van der Waals surface area contributed by atoms with Gasteiger partial charge < -0.3 is 15.2 Å². The van der Waals surface area contributed by atoms with Crippen LogP contribution in [0, 0.1) is 6.92 Å². The van der Waals surface area contributed by atoms with Gasteiger partial charge in [0.15, 0.2) is 17.2 Å². The zero-order valence-corrected chi connectivity index (χ0v) is 13.7. The Bertz CT molecular complexity index is 1130. The van der Waals surface area contributed by atoms with E-state index in [0.29, 0.717) is 23.5 Å². The first-order chi connectivity index (χ1) is 12.5. The zero-order chi connectivity index (χ0) is 18.3. The van der Waals surface area contributed by atoms with Crippen LogP contribution in [0.4, 0.5) is 5.82 Å². The van der Waals surface area contributed by atoms with E-state index in [1.807, 2.05) is 23.6 Å². The van der Waals surface area contributed by atoms with Gasteiger partial charge in [0.2, 0.25) is 0 Å². The minimum atomic E-state index is -0.954. The smallest absolute Gasteiger partial charge is 0.335 e. The van der Waals surface area contributed by atoms with Crippen LogP contribution in [-0.4, -0.2) is 35.8 Å². The molecule has 0 unspecified atom stereocenters. The van der Waals surface area contributed by atoms with Gasteiger partial charge in [-0.1, -0.05) is 12.1 Å². The Morgan fingerprint density at radius 1 is 1.31 bits per heavy atom. The number of anilines is 1. The first-order valence-corrected chi connectivity index (χ1v) is 7.77.